The molecule has 3 N–H and O–H groups in total. The minimum Gasteiger partial charge on any atom is -0.481 e. The Kier molecular flexibility index (Phi) is 6.14. The number of carboxylic acid groups (broad SMARTS) is 1. The molecule has 0 aliphatic rings. The van der Waals surface area contributed by atoms with Gasteiger partial charge in [-0.1, -0.05) is 11.3 Å². The fourth-order valence-electron chi connectivity index (χ4n) is 1.22. The summed E-state index contributed by atoms with van der Waals surface area (Å²) in [7, 11) is -2.67. The summed E-state index contributed by atoms with van der Waals surface area (Å²) in [6.07, 6.45) is -1.15. The lowest BCUT2D eigenvalue weighted by Crippen LogP contribution is -2.34. The number of hydrogen-bond acceptors (Lipinski definition) is 8. The van der Waals surface area contributed by atoms with Crippen molar-refractivity contribution in [2.45, 2.75) is 23.8 Å². The standard InChI is InChI=1S/C9H14N4O6S2/c1-5(14)11-8-12-13-9(20-8)21(17,18)10-4-6(19-2)3-7(15)16/h6,10H,3-4H2,1-2H3,(H,15,16)(H,11,12,14). The number of nitrogens with zero attached hydrogens (tertiary/aromatic N) is 2. The Morgan fingerprint density at radius 1 is 1.43 bits per heavy atom. The molecule has 1 heterocycles. The Bertz CT molecular complexity index is 614. The zero-order chi connectivity index (χ0) is 16.0. The second-order valence-electron chi connectivity index (χ2n) is 3.86. The molecule has 1 atom stereocenters. The third kappa shape index (κ3) is 5.71. The van der Waals surface area contributed by atoms with Gasteiger partial charge >= 0.3 is 5.97 Å². The van der Waals surface area contributed by atoms with E-state index in [-0.39, 0.29) is 22.4 Å². The highest BCUT2D eigenvalue weighted by atomic mass is 32.2. The number of ether oxygens (including phenoxy) is 1. The second-order valence-corrected chi connectivity index (χ2v) is 6.78. The number of rotatable bonds is 8. The molecule has 0 bridgehead atoms. The first kappa shape index (κ1) is 17.4. The lowest BCUT2D eigenvalue weighted by molar-refractivity contribution is -0.139. The number of nitrogens with one attached hydrogen (secondary N) is 2. The molecular weight excluding hydrogens is 324 g/mol. The SMILES string of the molecule is COC(CNS(=O)(=O)c1nnc(NC(C)=O)s1)CC(=O)O. The Labute approximate surface area is 124 Å². The molecule has 0 aliphatic heterocycles. The molecule has 1 amide bonds. The van der Waals surface area contributed by atoms with Crippen molar-refractivity contribution in [1.29, 1.82) is 0 Å². The molecule has 1 aromatic heterocycles. The van der Waals surface area contributed by atoms with Gasteiger partial charge in [-0.25, -0.2) is 13.1 Å². The van der Waals surface area contributed by atoms with Gasteiger partial charge in [0, 0.05) is 20.6 Å². The van der Waals surface area contributed by atoms with Crippen LogP contribution < -0.4 is 10.0 Å². The van der Waals surface area contributed by atoms with Crippen LogP contribution in [0.2, 0.25) is 0 Å². The molecule has 21 heavy (non-hydrogen) atoms. The molecule has 118 valence electrons. The number of amides is 1. The van der Waals surface area contributed by atoms with Crippen LogP contribution >= 0.6 is 11.3 Å². The summed E-state index contributed by atoms with van der Waals surface area (Å²) in [5.41, 5.74) is 0. The van der Waals surface area contributed by atoms with Gasteiger partial charge in [0.05, 0.1) is 12.5 Å². The van der Waals surface area contributed by atoms with Crippen molar-refractivity contribution in [2.75, 3.05) is 19.0 Å². The lowest BCUT2D eigenvalue weighted by atomic mass is 10.2. The number of hydrogen-bond donors (Lipinski definition) is 3. The molecule has 12 heteroatoms. The smallest absolute Gasteiger partial charge is 0.306 e. The van der Waals surface area contributed by atoms with E-state index in [1.807, 2.05) is 0 Å². The molecule has 0 fully saturated rings. The first-order valence-corrected chi connectivity index (χ1v) is 7.90. The zero-order valence-electron chi connectivity index (χ0n) is 11.2. The van der Waals surface area contributed by atoms with Gasteiger partial charge in [0.2, 0.25) is 15.4 Å². The number of carbonyl (C=O) groups excluding carboxylic acids is 1. The van der Waals surface area contributed by atoms with Gasteiger partial charge in [0.15, 0.2) is 0 Å². The van der Waals surface area contributed by atoms with Crippen LogP contribution in [0.3, 0.4) is 0 Å². The summed E-state index contributed by atoms with van der Waals surface area (Å²) < 4.78 is 30.5. The number of sulfonamides is 1. The van der Waals surface area contributed by atoms with Gasteiger partial charge in [-0.05, 0) is 0 Å². The molecule has 1 rings (SSSR count). The highest BCUT2D eigenvalue weighted by Gasteiger charge is 2.22. The Balaban J connectivity index is 2.70. The second kappa shape index (κ2) is 7.40. The summed E-state index contributed by atoms with van der Waals surface area (Å²) in [6, 6.07) is 0. The van der Waals surface area contributed by atoms with Crippen molar-refractivity contribution in [1.82, 2.24) is 14.9 Å². The summed E-state index contributed by atoms with van der Waals surface area (Å²) in [4.78, 5) is 21.4. The van der Waals surface area contributed by atoms with Crippen molar-refractivity contribution in [3.8, 4) is 0 Å². The molecule has 10 nitrogen and oxygen atoms in total. The van der Waals surface area contributed by atoms with E-state index in [2.05, 4.69) is 20.2 Å². The fraction of sp³-hybridized carbons (Fsp3) is 0.556. The van der Waals surface area contributed by atoms with Crippen LogP contribution in [0.5, 0.6) is 0 Å². The van der Waals surface area contributed by atoms with Crippen LogP contribution in [0, 0.1) is 0 Å². The summed E-state index contributed by atoms with van der Waals surface area (Å²) in [6.45, 7) is 1.03. The van der Waals surface area contributed by atoms with E-state index < -0.39 is 28.0 Å². The minimum atomic E-state index is -3.95. The van der Waals surface area contributed by atoms with E-state index in [1.54, 1.807) is 0 Å². The Hall–Kier alpha value is -1.63. The van der Waals surface area contributed by atoms with Crippen molar-refractivity contribution in [3.05, 3.63) is 0 Å². The maximum Gasteiger partial charge on any atom is 0.306 e. The van der Waals surface area contributed by atoms with Crippen LogP contribution in [-0.2, 0) is 24.3 Å². The topological polar surface area (TPSA) is 148 Å². The van der Waals surface area contributed by atoms with Crippen LogP contribution in [0.25, 0.3) is 0 Å². The maximum absolute atomic E-state index is 11.9. The fourth-order valence-corrected chi connectivity index (χ4v) is 3.27. The number of anilines is 1. The molecule has 0 aliphatic carbocycles. The van der Waals surface area contributed by atoms with Crippen molar-refractivity contribution in [2.24, 2.45) is 0 Å². The molecule has 0 spiro atoms. The van der Waals surface area contributed by atoms with Gasteiger partial charge in [-0.2, -0.15) is 0 Å². The molecule has 0 aromatic carbocycles. The third-order valence-corrected chi connectivity index (χ3v) is 4.79. The largest absolute Gasteiger partial charge is 0.481 e. The van der Waals surface area contributed by atoms with Crippen molar-refractivity contribution in [3.63, 3.8) is 0 Å². The van der Waals surface area contributed by atoms with Crippen LogP contribution in [0.4, 0.5) is 5.13 Å². The molecular formula is C9H14N4O6S2. The van der Waals surface area contributed by atoms with Gasteiger partial charge in [-0.15, -0.1) is 10.2 Å². The molecule has 0 saturated heterocycles. The number of aliphatic carboxylic acids is 1. The Morgan fingerprint density at radius 3 is 2.62 bits per heavy atom. The van der Waals surface area contributed by atoms with E-state index in [4.69, 9.17) is 9.84 Å². The van der Waals surface area contributed by atoms with Crippen LogP contribution in [-0.4, -0.2) is 55.4 Å². The van der Waals surface area contributed by atoms with Gasteiger partial charge in [0.25, 0.3) is 10.0 Å². The number of methoxy groups -OCH3 is 1. The van der Waals surface area contributed by atoms with Crippen molar-refractivity contribution >= 4 is 38.4 Å². The summed E-state index contributed by atoms with van der Waals surface area (Å²) in [5.74, 6) is -1.51. The van der Waals surface area contributed by atoms with E-state index in [0.717, 1.165) is 0 Å². The van der Waals surface area contributed by atoms with E-state index in [0.29, 0.717) is 11.3 Å². The monoisotopic (exact) mass is 338 g/mol. The maximum atomic E-state index is 11.9. The summed E-state index contributed by atoms with van der Waals surface area (Å²) in [5, 5.41) is 18.0. The van der Waals surface area contributed by atoms with Crippen LogP contribution in [0.15, 0.2) is 4.34 Å². The van der Waals surface area contributed by atoms with Gasteiger partial charge in [0.1, 0.15) is 0 Å². The average molecular weight is 338 g/mol. The predicted molar refractivity (Wildman–Crippen MR) is 72.5 cm³/mol. The molecule has 1 aromatic rings. The zero-order valence-corrected chi connectivity index (χ0v) is 12.8. The Morgan fingerprint density at radius 2 is 2.10 bits per heavy atom. The van der Waals surface area contributed by atoms with E-state index in [9.17, 15) is 18.0 Å². The number of carbonyl (C=O) groups is 2. The number of carboxylic acids is 1. The minimum absolute atomic E-state index is 0.0525. The highest BCUT2D eigenvalue weighted by molar-refractivity contribution is 7.91. The summed E-state index contributed by atoms with van der Waals surface area (Å²) >= 11 is 0.680. The lowest BCUT2D eigenvalue weighted by Gasteiger charge is -2.12. The van der Waals surface area contributed by atoms with Gasteiger partial charge < -0.3 is 15.2 Å². The molecule has 0 radical (unpaired) electrons. The quantitative estimate of drug-likeness (QED) is 0.525. The number of aromatic nitrogens is 2. The normalized spacial score (nSPS) is 12.9. The first-order chi connectivity index (χ1) is 9.74. The van der Waals surface area contributed by atoms with Gasteiger partial charge in [-0.3, -0.25) is 9.59 Å². The average Bonchev–Trinajstić information content (AvgIpc) is 2.82. The van der Waals surface area contributed by atoms with Crippen LogP contribution in [0.1, 0.15) is 13.3 Å². The highest BCUT2D eigenvalue weighted by Crippen LogP contribution is 2.19. The molecule has 1 unspecified atom stereocenters. The predicted octanol–water partition coefficient (Wildman–Crippen LogP) is -0.735. The molecule has 0 saturated carbocycles. The third-order valence-electron chi connectivity index (χ3n) is 2.16. The van der Waals surface area contributed by atoms with E-state index >= 15 is 0 Å². The van der Waals surface area contributed by atoms with Crippen molar-refractivity contribution < 1.29 is 27.9 Å². The van der Waals surface area contributed by atoms with E-state index in [1.165, 1.54) is 14.0 Å². The first-order valence-electron chi connectivity index (χ1n) is 5.60.